The fourth-order valence-corrected chi connectivity index (χ4v) is 6.35. The van der Waals surface area contributed by atoms with Crippen LogP contribution in [0.2, 0.25) is 0 Å². The van der Waals surface area contributed by atoms with Gasteiger partial charge in [0.25, 0.3) is 15.9 Å². The Hall–Kier alpha value is -4.94. The SMILES string of the molecule is COc1ccc(CN(C(=O)COc2ccc(S(=O)(=O)Nc3ccc(F)cc3)cc2)[C@H](Cc2ccccc2)C(=O)NC[C@@H]2CCCO2)cc1. The largest absolute Gasteiger partial charge is 0.497 e. The topological polar surface area (TPSA) is 123 Å². The van der Waals surface area contributed by atoms with Gasteiger partial charge in [0.2, 0.25) is 5.91 Å². The number of methoxy groups -OCH3 is 1. The van der Waals surface area contributed by atoms with Crippen molar-refractivity contribution in [1.29, 1.82) is 0 Å². The molecule has 1 fully saturated rings. The third kappa shape index (κ3) is 9.55. The summed E-state index contributed by atoms with van der Waals surface area (Å²) in [5.41, 5.74) is 1.88. The van der Waals surface area contributed by atoms with Crippen LogP contribution in [0.3, 0.4) is 0 Å². The Labute approximate surface area is 279 Å². The number of sulfonamides is 1. The number of amides is 2. The maximum atomic E-state index is 13.9. The first-order valence-electron chi connectivity index (χ1n) is 15.6. The molecule has 0 aromatic heterocycles. The van der Waals surface area contributed by atoms with E-state index in [4.69, 9.17) is 14.2 Å². The highest BCUT2D eigenvalue weighted by Gasteiger charge is 2.31. The van der Waals surface area contributed by atoms with Crippen LogP contribution in [0, 0.1) is 5.82 Å². The first kappa shape index (κ1) is 34.4. The Bertz CT molecular complexity index is 1750. The van der Waals surface area contributed by atoms with Gasteiger partial charge in [0.05, 0.1) is 18.1 Å². The molecule has 1 heterocycles. The van der Waals surface area contributed by atoms with E-state index in [1.165, 1.54) is 41.3 Å². The molecule has 0 aliphatic carbocycles. The molecule has 0 bridgehead atoms. The Kier molecular flexibility index (Phi) is 11.6. The average molecular weight is 676 g/mol. The molecule has 5 rings (SSSR count). The molecule has 12 heteroatoms. The number of carbonyl (C=O) groups excluding carboxylic acids is 2. The van der Waals surface area contributed by atoms with E-state index in [1.807, 2.05) is 42.5 Å². The van der Waals surface area contributed by atoms with Gasteiger partial charge in [-0.15, -0.1) is 0 Å². The lowest BCUT2D eigenvalue weighted by atomic mass is 10.0. The van der Waals surface area contributed by atoms with E-state index in [0.717, 1.165) is 36.1 Å². The lowest BCUT2D eigenvalue weighted by molar-refractivity contribution is -0.143. The predicted octanol–water partition coefficient (Wildman–Crippen LogP) is 4.95. The van der Waals surface area contributed by atoms with Crippen LogP contribution in [-0.4, -0.2) is 64.1 Å². The van der Waals surface area contributed by atoms with E-state index in [1.54, 1.807) is 19.2 Å². The molecular weight excluding hydrogens is 637 g/mol. The molecule has 4 aromatic carbocycles. The number of anilines is 1. The first-order valence-corrected chi connectivity index (χ1v) is 17.1. The van der Waals surface area contributed by atoms with Crippen LogP contribution in [0.1, 0.15) is 24.0 Å². The fourth-order valence-electron chi connectivity index (χ4n) is 5.29. The molecule has 252 valence electrons. The maximum absolute atomic E-state index is 13.9. The van der Waals surface area contributed by atoms with Crippen molar-refractivity contribution < 1.29 is 36.6 Å². The van der Waals surface area contributed by atoms with Crippen LogP contribution in [0.25, 0.3) is 0 Å². The van der Waals surface area contributed by atoms with E-state index >= 15 is 0 Å². The summed E-state index contributed by atoms with van der Waals surface area (Å²) in [6.07, 6.45) is 1.99. The van der Waals surface area contributed by atoms with Crippen LogP contribution in [0.4, 0.5) is 10.1 Å². The summed E-state index contributed by atoms with van der Waals surface area (Å²) in [7, 11) is -2.39. The highest BCUT2D eigenvalue weighted by Crippen LogP contribution is 2.22. The van der Waals surface area contributed by atoms with Crippen molar-refractivity contribution in [1.82, 2.24) is 10.2 Å². The molecule has 10 nitrogen and oxygen atoms in total. The highest BCUT2D eigenvalue weighted by molar-refractivity contribution is 7.92. The second kappa shape index (κ2) is 16.2. The monoisotopic (exact) mass is 675 g/mol. The summed E-state index contributed by atoms with van der Waals surface area (Å²) in [6, 6.07) is 26.4. The van der Waals surface area contributed by atoms with Gasteiger partial charge in [0, 0.05) is 31.8 Å². The van der Waals surface area contributed by atoms with Crippen molar-refractivity contribution in [2.45, 2.75) is 42.8 Å². The minimum atomic E-state index is -3.96. The number of hydrogen-bond donors (Lipinski definition) is 2. The number of nitrogens with zero attached hydrogens (tertiary/aromatic N) is 1. The highest BCUT2D eigenvalue weighted by atomic mass is 32.2. The molecule has 1 saturated heterocycles. The van der Waals surface area contributed by atoms with Crippen molar-refractivity contribution in [3.8, 4) is 11.5 Å². The van der Waals surface area contributed by atoms with Gasteiger partial charge in [0.15, 0.2) is 6.61 Å². The van der Waals surface area contributed by atoms with Crippen LogP contribution >= 0.6 is 0 Å². The third-order valence-corrected chi connectivity index (χ3v) is 9.30. The van der Waals surface area contributed by atoms with E-state index in [2.05, 4.69) is 10.0 Å². The Morgan fingerprint density at radius 2 is 1.60 bits per heavy atom. The third-order valence-electron chi connectivity index (χ3n) is 7.90. The summed E-state index contributed by atoms with van der Waals surface area (Å²) < 4.78 is 58.1. The number of nitrogens with one attached hydrogen (secondary N) is 2. The van der Waals surface area contributed by atoms with Gasteiger partial charge in [-0.25, -0.2) is 12.8 Å². The van der Waals surface area contributed by atoms with Crippen molar-refractivity contribution in [3.63, 3.8) is 0 Å². The van der Waals surface area contributed by atoms with Gasteiger partial charge >= 0.3 is 0 Å². The second-order valence-electron chi connectivity index (χ2n) is 11.3. The first-order chi connectivity index (χ1) is 23.2. The van der Waals surface area contributed by atoms with Crippen molar-refractivity contribution in [2.24, 2.45) is 0 Å². The number of rotatable bonds is 15. The van der Waals surface area contributed by atoms with Crippen molar-refractivity contribution in [2.75, 3.05) is 31.6 Å². The predicted molar refractivity (Wildman–Crippen MR) is 179 cm³/mol. The number of ether oxygens (including phenoxy) is 3. The Morgan fingerprint density at radius 3 is 2.25 bits per heavy atom. The fraction of sp³-hybridized carbons (Fsp3) is 0.278. The molecule has 2 amide bonds. The van der Waals surface area contributed by atoms with Gasteiger partial charge in [-0.1, -0.05) is 42.5 Å². The lowest BCUT2D eigenvalue weighted by Crippen LogP contribution is -2.52. The van der Waals surface area contributed by atoms with Crippen molar-refractivity contribution in [3.05, 3.63) is 120 Å². The van der Waals surface area contributed by atoms with Crippen molar-refractivity contribution >= 4 is 27.5 Å². The smallest absolute Gasteiger partial charge is 0.261 e. The molecule has 2 atom stereocenters. The maximum Gasteiger partial charge on any atom is 0.261 e. The molecule has 0 spiro atoms. The lowest BCUT2D eigenvalue weighted by Gasteiger charge is -2.32. The van der Waals surface area contributed by atoms with Gasteiger partial charge < -0.3 is 24.4 Å². The van der Waals surface area contributed by atoms with Crippen LogP contribution < -0.4 is 19.5 Å². The minimum absolute atomic E-state index is 0.0440. The number of benzene rings is 4. The average Bonchev–Trinajstić information content (AvgIpc) is 3.63. The van der Waals surface area contributed by atoms with E-state index < -0.39 is 34.4 Å². The molecule has 48 heavy (non-hydrogen) atoms. The normalized spacial score (nSPS) is 14.9. The zero-order chi connectivity index (χ0) is 33.9. The number of carbonyl (C=O) groups is 2. The van der Waals surface area contributed by atoms with E-state index in [-0.39, 0.29) is 41.3 Å². The molecule has 2 N–H and O–H groups in total. The molecule has 1 aliphatic heterocycles. The Morgan fingerprint density at radius 1 is 0.917 bits per heavy atom. The molecule has 1 aliphatic rings. The van der Waals surface area contributed by atoms with Gasteiger partial charge in [-0.3, -0.25) is 14.3 Å². The second-order valence-corrected chi connectivity index (χ2v) is 13.0. The number of halogens is 1. The summed E-state index contributed by atoms with van der Waals surface area (Å²) in [6.45, 7) is 0.727. The molecular formula is C36H38FN3O7S. The van der Waals surface area contributed by atoms with Gasteiger partial charge in [0.1, 0.15) is 23.4 Å². The standard InChI is InChI=1S/C36H38FN3O7S/c1-45-30-15-9-27(10-16-30)24-40(34(22-26-6-3-2-4-7-26)36(42)38-23-32-8-5-21-46-32)35(41)25-47-31-17-19-33(20-18-31)48(43,44)39-29-13-11-28(37)12-14-29/h2-4,6-7,9-20,32,34,39H,5,8,21-25H2,1H3,(H,38,42)/t32-,34+/m0/s1. The summed E-state index contributed by atoms with van der Waals surface area (Å²) in [5, 5.41) is 3.00. The van der Waals surface area contributed by atoms with Crippen LogP contribution in [0.15, 0.2) is 108 Å². The molecule has 0 radical (unpaired) electrons. The number of hydrogen-bond acceptors (Lipinski definition) is 7. The minimum Gasteiger partial charge on any atom is -0.497 e. The zero-order valence-corrected chi connectivity index (χ0v) is 27.3. The summed E-state index contributed by atoms with van der Waals surface area (Å²) >= 11 is 0. The summed E-state index contributed by atoms with van der Waals surface area (Å²) in [5.74, 6) is -0.306. The van der Waals surface area contributed by atoms with E-state index in [0.29, 0.717) is 18.9 Å². The van der Waals surface area contributed by atoms with Gasteiger partial charge in [-0.05, 0) is 84.6 Å². The zero-order valence-electron chi connectivity index (χ0n) is 26.5. The molecule has 4 aromatic rings. The van der Waals surface area contributed by atoms with Gasteiger partial charge in [-0.2, -0.15) is 0 Å². The van der Waals surface area contributed by atoms with Crippen LogP contribution in [-0.2, 0) is 37.3 Å². The molecule has 0 saturated carbocycles. The summed E-state index contributed by atoms with van der Waals surface area (Å²) in [4.78, 5) is 29.2. The quantitative estimate of drug-likeness (QED) is 0.183. The van der Waals surface area contributed by atoms with E-state index in [9.17, 15) is 22.4 Å². The Balaban J connectivity index is 1.33. The molecule has 0 unspecified atom stereocenters. The van der Waals surface area contributed by atoms with Crippen LogP contribution in [0.5, 0.6) is 11.5 Å².